The summed E-state index contributed by atoms with van der Waals surface area (Å²) in [5, 5.41) is 5.84. The first-order chi connectivity index (χ1) is 6.45. The Morgan fingerprint density at radius 2 is 1.77 bits per heavy atom. The maximum absolute atomic E-state index is 4.39. The molecular formula is C11H7NS. The molecule has 0 amide bonds. The maximum Gasteiger partial charge on any atom is 0.0918 e. The average Bonchev–Trinajstić information content (AvgIpc) is 2.65. The van der Waals surface area contributed by atoms with E-state index in [1.54, 1.807) is 0 Å². The lowest BCUT2D eigenvalue weighted by atomic mass is 10.1. The number of hydrogen-bond acceptors (Lipinski definition) is 2. The second-order valence-electron chi connectivity index (χ2n) is 3.04. The number of benzene rings is 2. The summed E-state index contributed by atoms with van der Waals surface area (Å²) < 4.78 is 4.39. The third-order valence-electron chi connectivity index (χ3n) is 2.26. The molecule has 0 saturated carbocycles. The van der Waals surface area contributed by atoms with Gasteiger partial charge in [-0.1, -0.05) is 36.4 Å². The Bertz CT molecular complexity index is 568. The Hall–Kier alpha value is -1.41. The quantitative estimate of drug-likeness (QED) is 0.522. The minimum atomic E-state index is 1.13. The highest BCUT2D eigenvalue weighted by Crippen LogP contribution is 2.24. The number of hydrogen-bond donors (Lipinski definition) is 0. The summed E-state index contributed by atoms with van der Waals surface area (Å²) in [4.78, 5) is 0. The molecule has 1 heterocycles. The molecule has 0 aliphatic rings. The van der Waals surface area contributed by atoms with Crippen LogP contribution in [0.5, 0.6) is 0 Å². The van der Waals surface area contributed by atoms with E-state index in [4.69, 9.17) is 0 Å². The van der Waals surface area contributed by atoms with Crippen molar-refractivity contribution in [3.63, 3.8) is 0 Å². The summed E-state index contributed by atoms with van der Waals surface area (Å²) in [7, 11) is 0. The molecule has 0 fully saturated rings. The molecule has 0 unspecified atom stereocenters. The van der Waals surface area contributed by atoms with Crippen molar-refractivity contribution in [3.8, 4) is 0 Å². The zero-order valence-electron chi connectivity index (χ0n) is 6.90. The van der Waals surface area contributed by atoms with E-state index in [1.165, 1.54) is 27.7 Å². The molecule has 1 nitrogen and oxygen atoms in total. The van der Waals surface area contributed by atoms with Crippen molar-refractivity contribution < 1.29 is 0 Å². The highest BCUT2D eigenvalue weighted by Gasteiger charge is 2.00. The molecule has 0 spiro atoms. The molecule has 62 valence electrons. The van der Waals surface area contributed by atoms with Crippen LogP contribution in [0, 0.1) is 0 Å². The fraction of sp³-hybridized carbons (Fsp3) is 0. The highest BCUT2D eigenvalue weighted by atomic mass is 32.1. The van der Waals surface area contributed by atoms with Gasteiger partial charge in [0, 0.05) is 16.2 Å². The van der Waals surface area contributed by atoms with Gasteiger partial charge in [-0.2, -0.15) is 4.37 Å². The van der Waals surface area contributed by atoms with Gasteiger partial charge < -0.3 is 0 Å². The van der Waals surface area contributed by atoms with Crippen LogP contribution in [0.15, 0.2) is 41.8 Å². The maximum atomic E-state index is 4.39. The van der Waals surface area contributed by atoms with Crippen molar-refractivity contribution in [2.45, 2.75) is 0 Å². The van der Waals surface area contributed by atoms with E-state index in [-0.39, 0.29) is 0 Å². The summed E-state index contributed by atoms with van der Waals surface area (Å²) in [5.74, 6) is 0. The largest absolute Gasteiger partial charge is 0.192 e. The zero-order chi connectivity index (χ0) is 8.67. The summed E-state index contributed by atoms with van der Waals surface area (Å²) in [5.41, 5.74) is 1.13. The van der Waals surface area contributed by atoms with Crippen LogP contribution in [-0.4, -0.2) is 4.37 Å². The van der Waals surface area contributed by atoms with E-state index in [9.17, 15) is 0 Å². The Morgan fingerprint density at radius 3 is 2.77 bits per heavy atom. The first-order valence-corrected chi connectivity index (χ1v) is 5.01. The number of fused-ring (bicyclic) bond motifs is 3. The number of rotatable bonds is 0. The number of nitrogens with zero attached hydrogens (tertiary/aromatic N) is 1. The van der Waals surface area contributed by atoms with Crippen molar-refractivity contribution in [2.75, 3.05) is 0 Å². The molecule has 0 bridgehead atoms. The third-order valence-corrected chi connectivity index (χ3v) is 2.90. The third kappa shape index (κ3) is 0.956. The van der Waals surface area contributed by atoms with Crippen LogP contribution in [0.3, 0.4) is 0 Å². The lowest BCUT2D eigenvalue weighted by molar-refractivity contribution is 1.69. The van der Waals surface area contributed by atoms with Crippen LogP contribution in [0.1, 0.15) is 0 Å². The van der Waals surface area contributed by atoms with E-state index < -0.39 is 0 Å². The first-order valence-electron chi connectivity index (χ1n) is 4.17. The lowest BCUT2D eigenvalue weighted by Gasteiger charge is -1.96. The smallest absolute Gasteiger partial charge is 0.0918 e. The monoisotopic (exact) mass is 185 g/mol. The predicted octanol–water partition coefficient (Wildman–Crippen LogP) is 3.45. The van der Waals surface area contributed by atoms with Gasteiger partial charge in [0.1, 0.15) is 0 Å². The molecule has 1 aromatic heterocycles. The minimum Gasteiger partial charge on any atom is -0.192 e. The molecule has 0 aliphatic carbocycles. The Labute approximate surface area is 79.8 Å². The van der Waals surface area contributed by atoms with Crippen molar-refractivity contribution in [2.24, 2.45) is 0 Å². The van der Waals surface area contributed by atoms with Crippen LogP contribution in [0.25, 0.3) is 21.7 Å². The molecule has 13 heavy (non-hydrogen) atoms. The van der Waals surface area contributed by atoms with Gasteiger partial charge in [-0.15, -0.1) is 0 Å². The lowest BCUT2D eigenvalue weighted by Crippen LogP contribution is -1.73. The van der Waals surface area contributed by atoms with Gasteiger partial charge in [0.15, 0.2) is 0 Å². The molecule has 2 aromatic carbocycles. The van der Waals surface area contributed by atoms with E-state index >= 15 is 0 Å². The molecule has 3 aromatic rings. The normalized spacial score (nSPS) is 11.1. The van der Waals surface area contributed by atoms with E-state index in [0.29, 0.717) is 0 Å². The summed E-state index contributed by atoms with van der Waals surface area (Å²) >= 11 is 1.52. The van der Waals surface area contributed by atoms with E-state index in [0.717, 1.165) is 5.52 Å². The molecule has 0 N–H and O–H groups in total. The van der Waals surface area contributed by atoms with E-state index in [2.05, 4.69) is 46.2 Å². The Kier molecular flexibility index (Phi) is 1.37. The molecule has 0 atom stereocenters. The van der Waals surface area contributed by atoms with Gasteiger partial charge in [0.25, 0.3) is 0 Å². The Balaban J connectivity index is 2.65. The van der Waals surface area contributed by atoms with Crippen LogP contribution < -0.4 is 0 Å². The van der Waals surface area contributed by atoms with Gasteiger partial charge >= 0.3 is 0 Å². The second-order valence-corrected chi connectivity index (χ2v) is 3.67. The van der Waals surface area contributed by atoms with Gasteiger partial charge in [0.05, 0.1) is 5.52 Å². The topological polar surface area (TPSA) is 12.9 Å². The molecule has 0 radical (unpaired) electrons. The Morgan fingerprint density at radius 1 is 0.923 bits per heavy atom. The van der Waals surface area contributed by atoms with Crippen LogP contribution in [0.4, 0.5) is 0 Å². The summed E-state index contributed by atoms with van der Waals surface area (Å²) in [6, 6.07) is 12.6. The van der Waals surface area contributed by atoms with Crippen LogP contribution in [0.2, 0.25) is 0 Å². The van der Waals surface area contributed by atoms with Crippen molar-refractivity contribution in [1.29, 1.82) is 0 Å². The van der Waals surface area contributed by atoms with E-state index in [1.807, 2.05) is 0 Å². The van der Waals surface area contributed by atoms with Gasteiger partial charge in [-0.05, 0) is 16.9 Å². The molecule has 0 saturated heterocycles. The molecule has 2 heteroatoms. The fourth-order valence-corrected chi connectivity index (χ4v) is 2.27. The standard InChI is InChI=1S/C11H7NS/c1-2-4-10-8(3-1)5-6-9-7-13-12-11(9)10/h1-7H. The fourth-order valence-electron chi connectivity index (χ4n) is 1.60. The first kappa shape index (κ1) is 7.04. The van der Waals surface area contributed by atoms with Crippen molar-refractivity contribution >= 4 is 33.2 Å². The predicted molar refractivity (Wildman–Crippen MR) is 57.1 cm³/mol. The SMILES string of the molecule is c1ccc2c(c1)ccc1csnc12. The molecular weight excluding hydrogens is 178 g/mol. The van der Waals surface area contributed by atoms with Crippen molar-refractivity contribution in [1.82, 2.24) is 4.37 Å². The van der Waals surface area contributed by atoms with Gasteiger partial charge in [0.2, 0.25) is 0 Å². The van der Waals surface area contributed by atoms with Gasteiger partial charge in [-0.25, -0.2) is 0 Å². The average molecular weight is 185 g/mol. The van der Waals surface area contributed by atoms with Crippen molar-refractivity contribution in [3.05, 3.63) is 41.8 Å². The van der Waals surface area contributed by atoms with Gasteiger partial charge in [-0.3, -0.25) is 0 Å². The molecule has 3 rings (SSSR count). The zero-order valence-corrected chi connectivity index (χ0v) is 7.71. The van der Waals surface area contributed by atoms with Crippen LogP contribution >= 0.6 is 11.5 Å². The summed E-state index contributed by atoms with van der Waals surface area (Å²) in [6.07, 6.45) is 0. The van der Waals surface area contributed by atoms with Crippen LogP contribution in [-0.2, 0) is 0 Å². The summed E-state index contributed by atoms with van der Waals surface area (Å²) in [6.45, 7) is 0. The second kappa shape index (κ2) is 2.54. The number of aromatic nitrogens is 1. The highest BCUT2D eigenvalue weighted by molar-refractivity contribution is 7.04. The molecule has 0 aliphatic heterocycles. The minimum absolute atomic E-state index is 1.13.